The topological polar surface area (TPSA) is 0 Å². The molecule has 0 nitrogen and oxygen atoms in total. The van der Waals surface area contributed by atoms with Gasteiger partial charge in [-0.15, -0.1) is 0 Å². The Bertz CT molecular complexity index is 256. The van der Waals surface area contributed by atoms with Gasteiger partial charge >= 0.3 is 133 Å². The van der Waals surface area contributed by atoms with E-state index in [4.69, 9.17) is 36.7 Å². The van der Waals surface area contributed by atoms with Crippen LogP contribution in [0.15, 0.2) is 0 Å². The van der Waals surface area contributed by atoms with Crippen LogP contribution in [0.3, 0.4) is 0 Å². The fourth-order valence-electron chi connectivity index (χ4n) is 0.470. The monoisotopic (exact) mass is 742 g/mol. The van der Waals surface area contributed by atoms with Crippen molar-refractivity contribution in [2.24, 2.45) is 0 Å². The summed E-state index contributed by atoms with van der Waals surface area (Å²) in [6, 6.07) is 0. The van der Waals surface area contributed by atoms with Crippen molar-refractivity contribution in [1.29, 1.82) is 0 Å². The summed E-state index contributed by atoms with van der Waals surface area (Å²) < 4.78 is 3.46. The van der Waals surface area contributed by atoms with E-state index < -0.39 is 34.7 Å². The maximum absolute atomic E-state index is 5.37. The Kier molecular flexibility index (Phi) is 7.34. The Morgan fingerprint density at radius 1 is 0.929 bits per heavy atom. The van der Waals surface area contributed by atoms with Crippen LogP contribution in [0.25, 0.3) is 0 Å². The molecule has 0 aromatic rings. The van der Waals surface area contributed by atoms with Gasteiger partial charge in [0.2, 0.25) is 0 Å². The van der Waals surface area contributed by atoms with Crippen LogP contribution in [0.2, 0.25) is 0 Å². The molecule has 0 spiro atoms. The summed E-state index contributed by atoms with van der Waals surface area (Å²) in [7, 11) is 11.8. The van der Waals surface area contributed by atoms with Crippen molar-refractivity contribution < 1.29 is 0 Å². The molecule has 11 heteroatoms. The molecule has 14 heavy (non-hydrogen) atoms. The first-order valence-corrected chi connectivity index (χ1v) is 34.3. The van der Waals surface area contributed by atoms with Gasteiger partial charge in [0.15, 0.2) is 0 Å². The summed E-state index contributed by atoms with van der Waals surface area (Å²) in [5, 5.41) is 0. The number of hydrogen-bond acceptors (Lipinski definition) is 9. The zero-order valence-electron chi connectivity index (χ0n) is 6.07. The van der Waals surface area contributed by atoms with Gasteiger partial charge in [0.1, 0.15) is 0 Å². The predicted octanol–water partition coefficient (Wildman–Crippen LogP) is 4.24. The summed E-state index contributed by atoms with van der Waals surface area (Å²) in [5.41, 5.74) is 0. The molecule has 2 rings (SSSR count). The molecule has 2 heterocycles. The molecule has 2 aliphatic heterocycles. The second kappa shape index (κ2) is 7.06. The van der Waals surface area contributed by atoms with Crippen LogP contribution in [-0.4, -0.2) is 45.3 Å². The Balaban J connectivity index is 1.64. The molecule has 0 aromatic heterocycles. The molecule has 76 valence electrons. The van der Waals surface area contributed by atoms with Crippen molar-refractivity contribution in [3.63, 3.8) is 0 Å². The summed E-state index contributed by atoms with van der Waals surface area (Å²) in [6.07, 6.45) is 0. The first-order chi connectivity index (χ1) is 6.63. The molecule has 2 fully saturated rings. The van der Waals surface area contributed by atoms with Gasteiger partial charge in [-0.1, -0.05) is 0 Å². The van der Waals surface area contributed by atoms with Crippen molar-refractivity contribution in [2.45, 2.75) is 0 Å². The van der Waals surface area contributed by atoms with Gasteiger partial charge in [-0.2, -0.15) is 0 Å². The van der Waals surface area contributed by atoms with E-state index in [1.54, 1.807) is 0 Å². The molecule has 0 radical (unpaired) electrons. The standard InChI is InChI=1S/3CH2S3.2Bi/c3*2-1(3)4;;/h3*(H2,2,3,4);;/q;;;2*+3/p-6. The SMILES string of the molecule is S=C1[S][Bi]([S]C(=S)[S][Bi]2[S]C(=S)[S]2)[S]1. The fraction of sp³-hybridized carbons (Fsp3) is 0. The number of thiocarbonyl (C=S) groups is 3. The van der Waals surface area contributed by atoms with Gasteiger partial charge in [-0.25, -0.2) is 0 Å². The van der Waals surface area contributed by atoms with Crippen LogP contribution in [0.1, 0.15) is 0 Å². The minimum atomic E-state index is -1.34. The van der Waals surface area contributed by atoms with Crippen LogP contribution in [0, 0.1) is 0 Å². The predicted molar refractivity (Wildman–Crippen MR) is 94.8 cm³/mol. The van der Waals surface area contributed by atoms with Gasteiger partial charge < -0.3 is 0 Å². The molecule has 2 saturated heterocycles. The molecule has 0 unspecified atom stereocenters. The summed E-state index contributed by atoms with van der Waals surface area (Å²) in [5.74, 6) is 0. The maximum atomic E-state index is 5.37. The van der Waals surface area contributed by atoms with Crippen LogP contribution in [0.4, 0.5) is 0 Å². The summed E-state index contributed by atoms with van der Waals surface area (Å²) in [6.45, 7) is 0. The van der Waals surface area contributed by atoms with Crippen molar-refractivity contribution in [2.75, 3.05) is 0 Å². The van der Waals surface area contributed by atoms with Gasteiger partial charge in [-0.05, 0) is 0 Å². The first kappa shape index (κ1) is 14.5. The van der Waals surface area contributed by atoms with Gasteiger partial charge in [0, 0.05) is 0 Å². The molecular weight excluding hydrogens is 743 g/mol. The van der Waals surface area contributed by atoms with Gasteiger partial charge in [0.25, 0.3) is 0 Å². The van der Waals surface area contributed by atoms with Crippen LogP contribution < -0.4 is 0 Å². The average molecular weight is 743 g/mol. The van der Waals surface area contributed by atoms with Gasteiger partial charge in [-0.3, -0.25) is 0 Å². The van der Waals surface area contributed by atoms with Crippen LogP contribution in [-0.2, 0) is 0 Å². The Hall–Kier alpha value is 4.14. The molecule has 0 aromatic carbocycles. The first-order valence-electron chi connectivity index (χ1n) is 2.93. The number of rotatable bonds is 2. The molecule has 0 bridgehead atoms. The zero-order chi connectivity index (χ0) is 10.1. The van der Waals surface area contributed by atoms with E-state index in [1.807, 2.05) is 51.1 Å². The normalized spacial score (nSPS) is 23.1. The third kappa shape index (κ3) is 4.67. The van der Waals surface area contributed by atoms with Crippen molar-refractivity contribution in [1.82, 2.24) is 0 Å². The van der Waals surface area contributed by atoms with Crippen molar-refractivity contribution >= 4 is 133 Å². The van der Waals surface area contributed by atoms with E-state index >= 15 is 0 Å². The fourth-order valence-corrected chi connectivity index (χ4v) is 95.4. The van der Waals surface area contributed by atoms with Crippen molar-refractivity contribution in [3.8, 4) is 0 Å². The quantitative estimate of drug-likeness (QED) is 0.299. The zero-order valence-corrected chi connectivity index (χ0v) is 20.4. The molecule has 0 amide bonds. The molecule has 0 aliphatic carbocycles. The van der Waals surface area contributed by atoms with E-state index in [1.165, 1.54) is 3.53 Å². The Labute approximate surface area is 130 Å². The summed E-state index contributed by atoms with van der Waals surface area (Å²) in [4.78, 5) is 0. The van der Waals surface area contributed by atoms with E-state index in [2.05, 4.69) is 0 Å². The van der Waals surface area contributed by atoms with E-state index in [9.17, 15) is 0 Å². The van der Waals surface area contributed by atoms with E-state index in [0.29, 0.717) is 0 Å². The van der Waals surface area contributed by atoms with E-state index in [-0.39, 0.29) is 0 Å². The third-order valence-electron chi connectivity index (χ3n) is 0.894. The molecule has 0 N–H and O–H groups in total. The summed E-state index contributed by atoms with van der Waals surface area (Å²) >= 11 is 12.8. The minimum absolute atomic E-state index is 1.14. The van der Waals surface area contributed by atoms with Crippen LogP contribution in [0.5, 0.6) is 0 Å². The van der Waals surface area contributed by atoms with Gasteiger partial charge in [0.05, 0.1) is 0 Å². The Morgan fingerprint density at radius 2 is 1.29 bits per heavy atom. The average Bonchev–Trinajstić information content (AvgIpc) is 1.98. The Morgan fingerprint density at radius 3 is 1.57 bits per heavy atom. The molecule has 0 saturated carbocycles. The second-order valence-electron chi connectivity index (χ2n) is 1.74. The molecule has 0 atom stereocenters. The molecular formula is C3Bi2S9. The third-order valence-corrected chi connectivity index (χ3v) is 70.6. The second-order valence-corrected chi connectivity index (χ2v) is 56.5. The number of hydrogen-bond donors (Lipinski definition) is 0. The molecule has 2 aliphatic rings. The van der Waals surface area contributed by atoms with Crippen molar-refractivity contribution in [3.05, 3.63) is 0 Å². The van der Waals surface area contributed by atoms with E-state index in [0.717, 1.165) is 7.06 Å². The van der Waals surface area contributed by atoms with Crippen LogP contribution >= 0.6 is 87.8 Å².